The highest BCUT2D eigenvalue weighted by atomic mass is 16.3. The normalized spacial score (nSPS) is 13.3. The second-order valence-corrected chi connectivity index (χ2v) is 16.8. The number of para-hydroxylation sites is 4. The number of hydrogen-bond donors (Lipinski definition) is 0. The van der Waals surface area contributed by atoms with Gasteiger partial charge in [0.25, 0.3) is 0 Å². The Bertz CT molecular complexity index is 3570. The van der Waals surface area contributed by atoms with E-state index in [1.807, 2.05) is 0 Å². The molecule has 2 aromatic heterocycles. The summed E-state index contributed by atoms with van der Waals surface area (Å²) in [4.78, 5) is 2.39. The lowest BCUT2D eigenvalue weighted by atomic mass is 9.82. The molecule has 0 radical (unpaired) electrons. The zero-order valence-corrected chi connectivity index (χ0v) is 33.3. The largest absolute Gasteiger partial charge is 0.453 e. The van der Waals surface area contributed by atoms with Crippen LogP contribution in [0.5, 0.6) is 0 Å². The highest BCUT2D eigenvalue weighted by Crippen LogP contribution is 2.54. The molecule has 282 valence electrons. The van der Waals surface area contributed by atoms with Crippen molar-refractivity contribution in [3.05, 3.63) is 205 Å². The smallest absolute Gasteiger partial charge is 0.159 e. The Kier molecular flexibility index (Phi) is 6.78. The van der Waals surface area contributed by atoms with E-state index in [4.69, 9.17) is 4.42 Å². The quantitative estimate of drug-likeness (QED) is 0.178. The molecule has 1 aliphatic heterocycles. The van der Waals surface area contributed by atoms with Gasteiger partial charge in [0.05, 0.1) is 22.4 Å². The number of aromatic nitrogens is 1. The van der Waals surface area contributed by atoms with Gasteiger partial charge in [-0.3, -0.25) is 0 Å². The van der Waals surface area contributed by atoms with E-state index < -0.39 is 0 Å². The molecule has 0 N–H and O–H groups in total. The van der Waals surface area contributed by atoms with Gasteiger partial charge in [-0.05, 0) is 87.5 Å². The third-order valence-electron chi connectivity index (χ3n) is 13.3. The summed E-state index contributed by atoms with van der Waals surface area (Å²) >= 11 is 0. The average Bonchev–Trinajstić information content (AvgIpc) is 3.89. The molecule has 60 heavy (non-hydrogen) atoms. The number of rotatable bonds is 4. The first-order valence-electron chi connectivity index (χ1n) is 20.9. The fourth-order valence-electron chi connectivity index (χ4n) is 10.6. The second-order valence-electron chi connectivity index (χ2n) is 16.8. The number of fused-ring (bicyclic) bond motifs is 15. The van der Waals surface area contributed by atoms with Gasteiger partial charge in [0.2, 0.25) is 0 Å². The highest BCUT2D eigenvalue weighted by molar-refractivity contribution is 6.22. The van der Waals surface area contributed by atoms with Crippen LogP contribution in [-0.4, -0.2) is 4.57 Å². The number of furan rings is 1. The topological polar surface area (TPSA) is 21.3 Å². The number of hydrogen-bond acceptors (Lipinski definition) is 2. The van der Waals surface area contributed by atoms with Crippen molar-refractivity contribution in [3.63, 3.8) is 0 Å². The van der Waals surface area contributed by atoms with Gasteiger partial charge in [-0.15, -0.1) is 0 Å². The molecular weight excluding hydrogens is 729 g/mol. The summed E-state index contributed by atoms with van der Waals surface area (Å²) in [6.07, 6.45) is 0. The van der Waals surface area contributed by atoms with Gasteiger partial charge in [0, 0.05) is 55.0 Å². The third-order valence-corrected chi connectivity index (χ3v) is 13.3. The summed E-state index contributed by atoms with van der Waals surface area (Å²) in [6, 6.07) is 71.0. The second kappa shape index (κ2) is 12.2. The average molecular weight is 767 g/mol. The van der Waals surface area contributed by atoms with Gasteiger partial charge in [-0.1, -0.05) is 159 Å². The van der Waals surface area contributed by atoms with Crippen LogP contribution < -0.4 is 4.90 Å². The number of anilines is 3. The Hall–Kier alpha value is -7.62. The molecule has 3 heteroatoms. The lowest BCUT2D eigenvalue weighted by molar-refractivity contribution is 0.660. The van der Waals surface area contributed by atoms with E-state index in [1.54, 1.807) is 0 Å². The number of benzene rings is 9. The zero-order chi connectivity index (χ0) is 39.7. The van der Waals surface area contributed by atoms with Crippen LogP contribution >= 0.6 is 0 Å². The predicted octanol–water partition coefficient (Wildman–Crippen LogP) is 15.8. The molecule has 0 spiro atoms. The minimum Gasteiger partial charge on any atom is -0.453 e. The van der Waals surface area contributed by atoms with E-state index in [-0.39, 0.29) is 5.41 Å². The Morgan fingerprint density at radius 3 is 1.95 bits per heavy atom. The van der Waals surface area contributed by atoms with E-state index in [1.165, 1.54) is 77.6 Å². The summed E-state index contributed by atoms with van der Waals surface area (Å²) in [5, 5.41) is 4.69. The first-order chi connectivity index (χ1) is 29.5. The van der Waals surface area contributed by atoms with Crippen LogP contribution in [0.3, 0.4) is 0 Å². The van der Waals surface area contributed by atoms with Crippen molar-refractivity contribution in [3.8, 4) is 50.2 Å². The Labute approximate surface area is 348 Å². The van der Waals surface area contributed by atoms with Crippen LogP contribution in [0.1, 0.15) is 25.0 Å². The highest BCUT2D eigenvalue weighted by Gasteiger charge is 2.36. The summed E-state index contributed by atoms with van der Waals surface area (Å²) < 4.78 is 9.89. The van der Waals surface area contributed by atoms with Crippen LogP contribution in [0, 0.1) is 0 Å². The lowest BCUT2D eigenvalue weighted by Gasteiger charge is -2.28. The molecule has 3 nitrogen and oxygen atoms in total. The van der Waals surface area contributed by atoms with Crippen LogP contribution in [0.15, 0.2) is 199 Å². The fourth-order valence-corrected chi connectivity index (χ4v) is 10.6. The lowest BCUT2D eigenvalue weighted by Crippen LogP contribution is -2.16. The third kappa shape index (κ3) is 4.49. The van der Waals surface area contributed by atoms with Crippen LogP contribution in [0.4, 0.5) is 17.1 Å². The molecule has 13 rings (SSSR count). The molecule has 2 aliphatic rings. The maximum Gasteiger partial charge on any atom is 0.159 e. The summed E-state index contributed by atoms with van der Waals surface area (Å²) in [5.41, 5.74) is 20.7. The molecule has 0 bridgehead atoms. The summed E-state index contributed by atoms with van der Waals surface area (Å²) in [6.45, 7) is 4.70. The monoisotopic (exact) mass is 766 g/mol. The van der Waals surface area contributed by atoms with Gasteiger partial charge in [0.15, 0.2) is 5.58 Å². The Balaban J connectivity index is 1.08. The molecule has 11 aromatic rings. The molecule has 3 heterocycles. The Morgan fingerprint density at radius 1 is 0.433 bits per heavy atom. The van der Waals surface area contributed by atoms with Gasteiger partial charge >= 0.3 is 0 Å². The van der Waals surface area contributed by atoms with Gasteiger partial charge in [-0.25, -0.2) is 0 Å². The first kappa shape index (κ1) is 33.4. The van der Waals surface area contributed by atoms with Gasteiger partial charge in [0.1, 0.15) is 5.58 Å². The van der Waals surface area contributed by atoms with Gasteiger partial charge < -0.3 is 13.9 Å². The van der Waals surface area contributed by atoms with Crippen molar-refractivity contribution in [2.75, 3.05) is 4.90 Å². The molecule has 0 unspecified atom stereocenters. The van der Waals surface area contributed by atoms with Crippen LogP contribution in [-0.2, 0) is 5.41 Å². The molecule has 0 atom stereocenters. The molecule has 9 aromatic carbocycles. The first-order valence-corrected chi connectivity index (χ1v) is 20.9. The van der Waals surface area contributed by atoms with E-state index in [0.29, 0.717) is 0 Å². The predicted molar refractivity (Wildman–Crippen MR) is 250 cm³/mol. The summed E-state index contributed by atoms with van der Waals surface area (Å²) in [5.74, 6) is 0. The molecule has 0 fully saturated rings. The summed E-state index contributed by atoms with van der Waals surface area (Å²) in [7, 11) is 0. The zero-order valence-electron chi connectivity index (χ0n) is 33.3. The number of nitrogens with zero attached hydrogens (tertiary/aromatic N) is 2. The standard InChI is InChI=1S/C57H38N2O/c1-57(2)48-22-9-6-16-39(48)40-31-30-38(34-49(40)57)58(37-28-26-36(27-29-37)35-14-4-3-5-15-35)52-25-13-20-45-46-33-32-43-41-17-7-10-23-50(41)59-51-24-11-8-18-42(51)44-19-12-21-47(54(44)59)53(43)56(46)60-55(45)52/h3-34H,1-2H3. The van der Waals surface area contributed by atoms with Crippen molar-refractivity contribution in [1.29, 1.82) is 0 Å². The van der Waals surface area contributed by atoms with Crippen molar-refractivity contribution >= 4 is 60.8 Å². The van der Waals surface area contributed by atoms with E-state index in [2.05, 4.69) is 217 Å². The van der Waals surface area contributed by atoms with Gasteiger partial charge in [-0.2, -0.15) is 0 Å². The molecular formula is C57H38N2O. The molecule has 0 saturated carbocycles. The Morgan fingerprint density at radius 2 is 1.07 bits per heavy atom. The van der Waals surface area contributed by atoms with Crippen molar-refractivity contribution < 1.29 is 4.42 Å². The van der Waals surface area contributed by atoms with Crippen LogP contribution in [0.25, 0.3) is 93.9 Å². The van der Waals surface area contributed by atoms with E-state index in [9.17, 15) is 0 Å². The minimum atomic E-state index is -0.145. The minimum absolute atomic E-state index is 0.145. The molecule has 1 aliphatic carbocycles. The van der Waals surface area contributed by atoms with E-state index >= 15 is 0 Å². The van der Waals surface area contributed by atoms with Crippen molar-refractivity contribution in [1.82, 2.24) is 4.57 Å². The van der Waals surface area contributed by atoms with Crippen molar-refractivity contribution in [2.45, 2.75) is 19.3 Å². The maximum absolute atomic E-state index is 7.42. The van der Waals surface area contributed by atoms with Crippen molar-refractivity contribution in [2.24, 2.45) is 0 Å². The molecule has 0 amide bonds. The van der Waals surface area contributed by atoms with Crippen LogP contribution in [0.2, 0.25) is 0 Å². The SMILES string of the molecule is CC1(C)c2ccccc2-c2ccc(N(c3ccc(-c4ccccc4)cc3)c3cccc4c3oc3c5c(ccc34)-c3ccccc3-n3c4ccccc4c4cccc-5c43)cc21. The molecule has 0 saturated heterocycles. The fraction of sp³-hybridized carbons (Fsp3) is 0.0526. The maximum atomic E-state index is 7.42. The van der Waals surface area contributed by atoms with E-state index in [0.717, 1.165) is 44.6 Å².